The number of carbonyl (C=O) groups is 2. The van der Waals surface area contributed by atoms with Gasteiger partial charge < -0.3 is 10.4 Å². The van der Waals surface area contributed by atoms with E-state index in [0.29, 0.717) is 17.3 Å². The first-order chi connectivity index (χ1) is 9.54. The summed E-state index contributed by atoms with van der Waals surface area (Å²) in [6.07, 6.45) is 0.994. The number of halogens is 1. The summed E-state index contributed by atoms with van der Waals surface area (Å²) in [5.74, 6) is -0.771. The average molecular weight is 297 g/mol. The Bertz CT molecular complexity index is 507. The number of carboxylic acids is 1. The Morgan fingerprint density at radius 2 is 2.15 bits per heavy atom. The third-order valence-electron chi connectivity index (χ3n) is 3.35. The van der Waals surface area contributed by atoms with Crippen LogP contribution in [0.5, 0.6) is 0 Å². The molecular weight excluding hydrogens is 280 g/mol. The molecule has 1 heterocycles. The molecule has 0 aliphatic carbocycles. The zero-order chi connectivity index (χ0) is 14.5. The molecule has 108 valence electrons. The number of benzene rings is 1. The molecule has 1 aliphatic heterocycles. The van der Waals surface area contributed by atoms with Crippen LogP contribution in [0.3, 0.4) is 0 Å². The van der Waals surface area contributed by atoms with Crippen LogP contribution in [0.1, 0.15) is 12.8 Å². The maximum atomic E-state index is 11.9. The molecule has 6 heteroatoms. The number of nitrogens with one attached hydrogen (secondary N) is 1. The Balaban J connectivity index is 1.81. The van der Waals surface area contributed by atoms with Crippen molar-refractivity contribution in [3.05, 3.63) is 29.3 Å². The van der Waals surface area contributed by atoms with Gasteiger partial charge in [-0.15, -0.1) is 0 Å². The van der Waals surface area contributed by atoms with Crippen molar-refractivity contribution in [1.29, 1.82) is 0 Å². The van der Waals surface area contributed by atoms with Gasteiger partial charge >= 0.3 is 5.97 Å². The number of para-hydroxylation sites is 1. The van der Waals surface area contributed by atoms with Crippen molar-refractivity contribution < 1.29 is 14.7 Å². The standard InChI is InChI=1S/C14H17ClN2O3/c15-11-3-1-2-4-12(11)16-13(18)9-17-6-5-10(8-17)7-14(19)20/h1-4,10H,5-9H2,(H,16,18)(H,19,20). The number of aliphatic carboxylic acids is 1. The molecular formula is C14H17ClN2O3. The Labute approximate surface area is 122 Å². The lowest BCUT2D eigenvalue weighted by atomic mass is 10.1. The van der Waals surface area contributed by atoms with E-state index in [2.05, 4.69) is 5.32 Å². The molecule has 0 saturated carbocycles. The molecule has 5 nitrogen and oxygen atoms in total. The number of rotatable bonds is 5. The van der Waals surface area contributed by atoms with Crippen molar-refractivity contribution in [2.24, 2.45) is 5.92 Å². The van der Waals surface area contributed by atoms with Gasteiger partial charge in [-0.05, 0) is 31.0 Å². The molecule has 1 aliphatic rings. The van der Waals surface area contributed by atoms with Gasteiger partial charge in [-0.25, -0.2) is 0 Å². The fraction of sp³-hybridized carbons (Fsp3) is 0.429. The zero-order valence-electron chi connectivity index (χ0n) is 11.0. The highest BCUT2D eigenvalue weighted by Gasteiger charge is 2.25. The van der Waals surface area contributed by atoms with Crippen molar-refractivity contribution in [2.75, 3.05) is 25.0 Å². The Hall–Kier alpha value is -1.59. The topological polar surface area (TPSA) is 69.6 Å². The average Bonchev–Trinajstić information content (AvgIpc) is 2.78. The number of amides is 1. The Morgan fingerprint density at radius 1 is 1.40 bits per heavy atom. The largest absolute Gasteiger partial charge is 0.481 e. The maximum absolute atomic E-state index is 11.9. The molecule has 1 atom stereocenters. The molecule has 20 heavy (non-hydrogen) atoms. The molecule has 0 aromatic heterocycles. The van der Waals surface area contributed by atoms with Crippen molar-refractivity contribution in [2.45, 2.75) is 12.8 Å². The smallest absolute Gasteiger partial charge is 0.303 e. The maximum Gasteiger partial charge on any atom is 0.303 e. The van der Waals surface area contributed by atoms with Crippen LogP contribution in [-0.4, -0.2) is 41.5 Å². The molecule has 1 amide bonds. The van der Waals surface area contributed by atoms with E-state index in [-0.39, 0.29) is 24.8 Å². The van der Waals surface area contributed by atoms with Crippen LogP contribution in [0.25, 0.3) is 0 Å². The lowest BCUT2D eigenvalue weighted by Crippen LogP contribution is -2.31. The summed E-state index contributed by atoms with van der Waals surface area (Å²) in [5, 5.41) is 12.0. The van der Waals surface area contributed by atoms with Crippen LogP contribution in [0, 0.1) is 5.92 Å². The molecule has 1 saturated heterocycles. The summed E-state index contributed by atoms with van der Waals surface area (Å²) in [6, 6.07) is 7.07. The van der Waals surface area contributed by atoms with E-state index in [9.17, 15) is 9.59 Å². The number of likely N-dealkylation sites (tertiary alicyclic amines) is 1. The highest BCUT2D eigenvalue weighted by molar-refractivity contribution is 6.33. The first-order valence-electron chi connectivity index (χ1n) is 6.53. The second-order valence-electron chi connectivity index (χ2n) is 5.02. The summed E-state index contributed by atoms with van der Waals surface area (Å²) < 4.78 is 0. The first kappa shape index (κ1) is 14.8. The number of anilines is 1. The molecule has 0 spiro atoms. The first-order valence-corrected chi connectivity index (χ1v) is 6.91. The zero-order valence-corrected chi connectivity index (χ0v) is 11.8. The van der Waals surface area contributed by atoms with Gasteiger partial charge in [0.05, 0.1) is 17.3 Å². The van der Waals surface area contributed by atoms with Gasteiger partial charge in [0, 0.05) is 13.0 Å². The molecule has 0 radical (unpaired) electrons. The van der Waals surface area contributed by atoms with E-state index >= 15 is 0 Å². The lowest BCUT2D eigenvalue weighted by Gasteiger charge is -2.15. The molecule has 1 aromatic rings. The predicted molar refractivity (Wildman–Crippen MR) is 76.9 cm³/mol. The van der Waals surface area contributed by atoms with Crippen LogP contribution >= 0.6 is 11.6 Å². The van der Waals surface area contributed by atoms with E-state index in [1.165, 1.54) is 0 Å². The van der Waals surface area contributed by atoms with E-state index in [4.69, 9.17) is 16.7 Å². The van der Waals surface area contributed by atoms with E-state index in [0.717, 1.165) is 13.0 Å². The normalized spacial score (nSPS) is 18.9. The van der Waals surface area contributed by atoms with Gasteiger partial charge in [0.1, 0.15) is 0 Å². The molecule has 1 unspecified atom stereocenters. The second kappa shape index (κ2) is 6.72. The van der Waals surface area contributed by atoms with Crippen LogP contribution in [-0.2, 0) is 9.59 Å². The number of carbonyl (C=O) groups excluding carboxylic acids is 1. The van der Waals surface area contributed by atoms with Gasteiger partial charge in [0.25, 0.3) is 0 Å². The molecule has 2 N–H and O–H groups in total. The van der Waals surface area contributed by atoms with Gasteiger partial charge in [-0.1, -0.05) is 23.7 Å². The van der Waals surface area contributed by atoms with Crippen LogP contribution in [0.15, 0.2) is 24.3 Å². The lowest BCUT2D eigenvalue weighted by molar-refractivity contribution is -0.138. The van der Waals surface area contributed by atoms with Crippen LogP contribution < -0.4 is 5.32 Å². The number of carboxylic acid groups (broad SMARTS) is 1. The minimum atomic E-state index is -0.780. The van der Waals surface area contributed by atoms with Gasteiger partial charge in [0.15, 0.2) is 0 Å². The van der Waals surface area contributed by atoms with Crippen molar-refractivity contribution >= 4 is 29.2 Å². The SMILES string of the molecule is O=C(O)CC1CCN(CC(=O)Nc2ccccc2Cl)C1. The quantitative estimate of drug-likeness (QED) is 0.873. The fourth-order valence-electron chi connectivity index (χ4n) is 2.43. The summed E-state index contributed by atoms with van der Waals surface area (Å²) in [5.41, 5.74) is 0.598. The van der Waals surface area contributed by atoms with Crippen molar-refractivity contribution in [1.82, 2.24) is 4.90 Å². The second-order valence-corrected chi connectivity index (χ2v) is 5.42. The number of hydrogen-bond donors (Lipinski definition) is 2. The van der Waals surface area contributed by atoms with Crippen molar-refractivity contribution in [3.8, 4) is 0 Å². The number of nitrogens with zero attached hydrogens (tertiary/aromatic N) is 1. The van der Waals surface area contributed by atoms with Gasteiger partial charge in [0.2, 0.25) is 5.91 Å². The van der Waals surface area contributed by atoms with Gasteiger partial charge in [-0.3, -0.25) is 14.5 Å². The highest BCUT2D eigenvalue weighted by atomic mass is 35.5. The third-order valence-corrected chi connectivity index (χ3v) is 3.68. The summed E-state index contributed by atoms with van der Waals surface area (Å²) in [6.45, 7) is 1.68. The molecule has 0 bridgehead atoms. The molecule has 1 fully saturated rings. The molecule has 2 rings (SSSR count). The van der Waals surface area contributed by atoms with E-state index in [1.54, 1.807) is 24.3 Å². The minimum absolute atomic E-state index is 0.130. The summed E-state index contributed by atoms with van der Waals surface area (Å²) in [4.78, 5) is 24.5. The van der Waals surface area contributed by atoms with Crippen LogP contribution in [0.4, 0.5) is 5.69 Å². The number of hydrogen-bond acceptors (Lipinski definition) is 3. The molecule has 1 aromatic carbocycles. The third kappa shape index (κ3) is 4.21. The highest BCUT2D eigenvalue weighted by Crippen LogP contribution is 2.21. The van der Waals surface area contributed by atoms with Gasteiger partial charge in [-0.2, -0.15) is 0 Å². The van der Waals surface area contributed by atoms with E-state index in [1.807, 2.05) is 4.90 Å². The monoisotopic (exact) mass is 296 g/mol. The summed E-state index contributed by atoms with van der Waals surface area (Å²) >= 11 is 5.97. The van der Waals surface area contributed by atoms with Crippen LogP contribution in [0.2, 0.25) is 5.02 Å². The fourth-order valence-corrected chi connectivity index (χ4v) is 2.61. The Morgan fingerprint density at radius 3 is 2.85 bits per heavy atom. The van der Waals surface area contributed by atoms with Crippen molar-refractivity contribution in [3.63, 3.8) is 0 Å². The Kier molecular flexibility index (Phi) is 4.98. The minimum Gasteiger partial charge on any atom is -0.481 e. The predicted octanol–water partition coefficient (Wildman–Crippen LogP) is 2.08. The summed E-state index contributed by atoms with van der Waals surface area (Å²) in [7, 11) is 0. The van der Waals surface area contributed by atoms with E-state index < -0.39 is 5.97 Å².